The molecule has 4 unspecified atom stereocenters. The van der Waals surface area contributed by atoms with Gasteiger partial charge in [-0.15, -0.1) is 0 Å². The topological polar surface area (TPSA) is 68.3 Å². The van der Waals surface area contributed by atoms with Crippen molar-refractivity contribution in [2.75, 3.05) is 0 Å². The highest BCUT2D eigenvalue weighted by Crippen LogP contribution is 2.60. The van der Waals surface area contributed by atoms with Crippen LogP contribution in [0.4, 0.5) is 0 Å². The van der Waals surface area contributed by atoms with E-state index in [4.69, 9.17) is 0 Å². The molecule has 0 aliphatic carbocycles. The Kier molecular flexibility index (Phi) is 20.4. The average Bonchev–Trinajstić information content (AvgIpc) is 1.54. The average molecular weight is 1860 g/mol. The van der Waals surface area contributed by atoms with Crippen LogP contribution in [0.1, 0.15) is 0 Å². The minimum Gasteiger partial charge on any atom is -0.309 e. The van der Waals surface area contributed by atoms with E-state index in [9.17, 15) is 0 Å². The summed E-state index contributed by atoms with van der Waals surface area (Å²) in [6.45, 7) is 0. The second kappa shape index (κ2) is 33.9. The van der Waals surface area contributed by atoms with E-state index in [0.717, 1.165) is 201 Å². The SMILES string of the molecule is O=P1(c2ccc3ccccc3c2)c2ccccc2-c2ccc3ccccc3c2-c2c1ccc1ccccc21.O=P1(c2cccc3ccccc23)c2ccccc2-c2ccc3ccccc3c2-c2c1ccc1ccccc21.O=P1(c2ccccc2)c2ccccc2-c2c(ccc3ccccc23)-c2c1ccc1ccccc21.O=P1(c2ccccc2)c2ccccc2-c2ccccc2-c2c1ccc1ccccc21. The number of fused-ring (bicyclic) bond motifs is 36. The van der Waals surface area contributed by atoms with Crippen molar-refractivity contribution in [1.82, 2.24) is 0 Å². The van der Waals surface area contributed by atoms with Gasteiger partial charge in [0.15, 0.2) is 28.6 Å². The summed E-state index contributed by atoms with van der Waals surface area (Å²) in [6, 6.07) is 180. The smallest absolute Gasteiger partial charge is 0.172 e. The fourth-order valence-corrected chi connectivity index (χ4v) is 35.6. The second-order valence-corrected chi connectivity index (χ2v) is 47.4. The summed E-state index contributed by atoms with van der Waals surface area (Å²) in [4.78, 5) is 0. The van der Waals surface area contributed by atoms with E-state index in [1.165, 1.54) is 49.0 Å². The van der Waals surface area contributed by atoms with Crippen molar-refractivity contribution < 1.29 is 18.3 Å². The van der Waals surface area contributed by atoms with Gasteiger partial charge in [-0.3, -0.25) is 0 Å². The summed E-state index contributed by atoms with van der Waals surface area (Å²) < 4.78 is 62.9. The molecule has 4 aliphatic rings. The van der Waals surface area contributed by atoms with Gasteiger partial charge in [0.1, 0.15) is 0 Å². The van der Waals surface area contributed by atoms with Crippen molar-refractivity contribution in [2.45, 2.75) is 0 Å². The molecule has 0 radical (unpaired) electrons. The maximum atomic E-state index is 16.2. The van der Waals surface area contributed by atoms with Crippen molar-refractivity contribution in [3.63, 3.8) is 0 Å². The molecular weight excluding hydrogens is 1770 g/mol. The number of benzene rings is 25. The summed E-state index contributed by atoms with van der Waals surface area (Å²) in [5.41, 5.74) is 17.7. The van der Waals surface area contributed by atoms with Gasteiger partial charge in [0.2, 0.25) is 0 Å². The molecule has 0 bridgehead atoms. The second-order valence-electron chi connectivity index (χ2n) is 36.6. The van der Waals surface area contributed by atoms with Crippen LogP contribution in [0.25, 0.3) is 186 Å². The van der Waals surface area contributed by atoms with Crippen molar-refractivity contribution >= 4 is 189 Å². The molecule has 0 saturated carbocycles. The van der Waals surface area contributed by atoms with Gasteiger partial charge >= 0.3 is 0 Å². The monoisotopic (exact) mass is 1860 g/mol. The van der Waals surface area contributed by atoms with Gasteiger partial charge in [-0.25, -0.2) is 0 Å². The Bertz CT molecular complexity index is 9690. The lowest BCUT2D eigenvalue weighted by Gasteiger charge is -2.24. The summed E-state index contributed by atoms with van der Waals surface area (Å²) in [5.74, 6) is 0. The molecule has 140 heavy (non-hydrogen) atoms. The molecular formula is C132H86O4P4. The van der Waals surface area contributed by atoms with Crippen LogP contribution in [0.5, 0.6) is 0 Å². The molecule has 25 aromatic rings. The fourth-order valence-electron chi connectivity index (χ4n) is 23.1. The zero-order chi connectivity index (χ0) is 93.4. The Morgan fingerprint density at radius 1 is 0.107 bits per heavy atom. The predicted molar refractivity (Wildman–Crippen MR) is 599 cm³/mol. The first-order valence-electron chi connectivity index (χ1n) is 47.7. The Labute approximate surface area is 812 Å². The van der Waals surface area contributed by atoms with E-state index in [0.29, 0.717) is 0 Å². The van der Waals surface area contributed by atoms with Gasteiger partial charge in [-0.05, 0) is 194 Å². The highest BCUT2D eigenvalue weighted by Gasteiger charge is 2.45. The van der Waals surface area contributed by atoms with Crippen LogP contribution in [0.15, 0.2) is 522 Å². The molecule has 4 atom stereocenters. The molecule has 0 saturated heterocycles. The molecule has 0 fully saturated rings. The minimum absolute atomic E-state index is 0.871. The normalized spacial score (nSPS) is 16.4. The number of hydrogen-bond donors (Lipinski definition) is 0. The standard InChI is InChI=1S/2C36H23OP.C32H21OP.C28H19OP/c37-38(32-19-9-13-24-10-1-4-14-27(24)32)33-18-8-7-17-30(33)31-22-20-25-11-2-5-15-28(25)35(31)36-29-16-6-3-12-26(29)21-23-34(36)38;37-38(28-20-17-24-9-1-2-12-27(24)23-28)33-16-8-7-15-31(33)32-21-18-25-10-3-5-13-29(25)35(32)36-30-14-6-4-11-26(30)19-22-34(36)38;33-34(24-12-2-1-3-13-24)29-17-9-8-16-27(29)31-25-14-6-4-10-22(25)18-20-28(31)32-26-15-7-5-11-23(26)19-21-30(32)34;29-30(21-11-2-1-3-12-21)26-17-9-8-15-24(26)23-14-6-7-16-25(23)28-22-13-5-4-10-20(22)18-19-27(28)30/h2*1-23H;1-21H;1-19H. The third-order valence-corrected chi connectivity index (χ3v) is 41.9. The molecule has 0 amide bonds. The quantitative estimate of drug-likeness (QED) is 0.165. The minimum atomic E-state index is -3.30. The van der Waals surface area contributed by atoms with Gasteiger partial charge in [0, 0.05) is 85.9 Å². The first-order chi connectivity index (χ1) is 69.0. The van der Waals surface area contributed by atoms with Crippen LogP contribution in [-0.4, -0.2) is 0 Å². The van der Waals surface area contributed by atoms with Crippen LogP contribution >= 0.6 is 28.6 Å². The lowest BCUT2D eigenvalue weighted by atomic mass is 9.87. The molecule has 29 rings (SSSR count). The zero-order valence-corrected chi connectivity index (χ0v) is 79.7. The molecule has 0 spiro atoms. The summed E-state index contributed by atoms with van der Waals surface area (Å²) >= 11 is 0. The maximum Gasteiger partial charge on any atom is 0.172 e. The summed E-state index contributed by atoms with van der Waals surface area (Å²) in [5, 5.41) is 31.5. The van der Waals surface area contributed by atoms with Gasteiger partial charge < -0.3 is 18.3 Å². The lowest BCUT2D eigenvalue weighted by Crippen LogP contribution is -2.27. The first kappa shape index (κ1) is 84.3. The molecule has 25 aromatic carbocycles. The van der Waals surface area contributed by atoms with Crippen molar-refractivity contribution in [1.29, 1.82) is 0 Å². The molecule has 4 heterocycles. The fraction of sp³-hybridized carbons (Fsp3) is 0. The Hall–Kier alpha value is -16.2. The van der Waals surface area contributed by atoms with Crippen LogP contribution in [0.3, 0.4) is 0 Å². The number of hydrogen-bond acceptors (Lipinski definition) is 4. The van der Waals surface area contributed by atoms with Gasteiger partial charge in [0.25, 0.3) is 0 Å². The largest absolute Gasteiger partial charge is 0.309 e. The van der Waals surface area contributed by atoms with E-state index in [1.807, 2.05) is 127 Å². The van der Waals surface area contributed by atoms with Crippen LogP contribution in [0.2, 0.25) is 0 Å². The molecule has 658 valence electrons. The van der Waals surface area contributed by atoms with E-state index in [-0.39, 0.29) is 0 Å². The van der Waals surface area contributed by atoms with Gasteiger partial charge in [0.05, 0.1) is 0 Å². The highest BCUT2D eigenvalue weighted by molar-refractivity contribution is 7.87. The first-order valence-corrected chi connectivity index (χ1v) is 54.5. The Morgan fingerprint density at radius 2 is 0.357 bits per heavy atom. The van der Waals surface area contributed by atoms with E-state index < -0.39 is 28.6 Å². The Balaban J connectivity index is 0.0000000964. The molecule has 4 aliphatic heterocycles. The van der Waals surface area contributed by atoms with Gasteiger partial charge in [-0.1, -0.05) is 491 Å². The third-order valence-electron chi connectivity index (χ3n) is 29.3. The summed E-state index contributed by atoms with van der Waals surface area (Å²) in [6.07, 6.45) is 0. The number of rotatable bonds is 4. The predicted octanol–water partition coefficient (Wildman–Crippen LogP) is 30.3. The van der Waals surface area contributed by atoms with Gasteiger partial charge in [-0.2, -0.15) is 0 Å². The van der Waals surface area contributed by atoms with Crippen molar-refractivity contribution in [3.05, 3.63) is 522 Å². The summed E-state index contributed by atoms with van der Waals surface area (Å²) in [7, 11) is -12.8. The molecule has 8 heteroatoms. The van der Waals surface area contributed by atoms with Crippen molar-refractivity contribution in [3.8, 4) is 89.0 Å². The van der Waals surface area contributed by atoms with Crippen LogP contribution in [0, 0.1) is 0 Å². The highest BCUT2D eigenvalue weighted by atomic mass is 31.2. The molecule has 4 nitrogen and oxygen atoms in total. The Morgan fingerprint density at radius 3 is 0.793 bits per heavy atom. The van der Waals surface area contributed by atoms with Crippen LogP contribution in [-0.2, 0) is 18.3 Å². The van der Waals surface area contributed by atoms with Crippen molar-refractivity contribution in [2.24, 2.45) is 0 Å². The maximum absolute atomic E-state index is 16.2. The zero-order valence-electron chi connectivity index (χ0n) is 76.1. The van der Waals surface area contributed by atoms with E-state index >= 15 is 18.3 Å². The van der Waals surface area contributed by atoms with Crippen LogP contribution < -0.4 is 63.7 Å². The third kappa shape index (κ3) is 13.1. The lowest BCUT2D eigenvalue weighted by molar-refractivity contribution is 0.592. The molecule has 0 N–H and O–H groups in total. The molecule has 0 aromatic heterocycles. The van der Waals surface area contributed by atoms with E-state index in [2.05, 4.69) is 394 Å². The van der Waals surface area contributed by atoms with E-state index in [1.54, 1.807) is 0 Å².